The van der Waals surface area contributed by atoms with Crippen molar-refractivity contribution in [3.05, 3.63) is 21.7 Å². The molecule has 1 aromatic heterocycles. The molecule has 0 amide bonds. The quantitative estimate of drug-likeness (QED) is 0.449. The van der Waals surface area contributed by atoms with Gasteiger partial charge in [-0.1, -0.05) is 34.1 Å². The van der Waals surface area contributed by atoms with Crippen LogP contribution in [0.1, 0.15) is 84.3 Å². The lowest BCUT2D eigenvalue weighted by Crippen LogP contribution is -2.45. The van der Waals surface area contributed by atoms with Gasteiger partial charge in [0.1, 0.15) is 11.9 Å². The highest BCUT2D eigenvalue weighted by Gasteiger charge is 2.53. The Bertz CT molecular complexity index is 955. The predicted octanol–water partition coefficient (Wildman–Crippen LogP) is 4.48. The van der Waals surface area contributed by atoms with Crippen molar-refractivity contribution in [1.29, 1.82) is 0 Å². The molecule has 7 atom stereocenters. The van der Waals surface area contributed by atoms with Crippen LogP contribution in [0.25, 0.3) is 6.08 Å². The van der Waals surface area contributed by atoms with E-state index in [0.29, 0.717) is 6.42 Å². The van der Waals surface area contributed by atoms with Gasteiger partial charge in [0.05, 0.1) is 46.5 Å². The molecular weight excluding hydrogens is 466 g/mol. The fourth-order valence-electron chi connectivity index (χ4n) is 5.07. The van der Waals surface area contributed by atoms with Crippen LogP contribution in [0.15, 0.2) is 11.0 Å². The second-order valence-corrected chi connectivity index (χ2v) is 12.3. The first-order valence-corrected chi connectivity index (χ1v) is 13.5. The number of cyclic esters (lactones) is 1. The highest BCUT2D eigenvalue weighted by molar-refractivity contribution is 7.09. The second-order valence-electron chi connectivity index (χ2n) is 11.3. The molecule has 7 nitrogen and oxygen atoms in total. The van der Waals surface area contributed by atoms with Gasteiger partial charge in [0.25, 0.3) is 0 Å². The van der Waals surface area contributed by atoms with Crippen LogP contribution in [0.5, 0.6) is 0 Å². The van der Waals surface area contributed by atoms with Crippen LogP contribution in [-0.2, 0) is 19.1 Å². The van der Waals surface area contributed by atoms with Gasteiger partial charge < -0.3 is 19.7 Å². The third-order valence-electron chi connectivity index (χ3n) is 7.93. The summed E-state index contributed by atoms with van der Waals surface area (Å²) in [5.74, 6) is -1.55. The summed E-state index contributed by atoms with van der Waals surface area (Å²) >= 11 is 1.56. The number of epoxide rings is 1. The molecule has 196 valence electrons. The smallest absolute Gasteiger partial charge is 0.309 e. The Hall–Kier alpha value is -1.61. The topological polar surface area (TPSA) is 109 Å². The fraction of sp³-hybridized carbons (Fsp3) is 0.741. The molecule has 3 rings (SSSR count). The Morgan fingerprint density at radius 3 is 2.54 bits per heavy atom. The van der Waals surface area contributed by atoms with E-state index < -0.39 is 35.6 Å². The molecule has 2 aliphatic heterocycles. The Labute approximate surface area is 212 Å². The number of Topliss-reactive ketones (excluding diaryl/α,β-unsaturated/α-hetero) is 1. The minimum absolute atomic E-state index is 0.0455. The molecule has 0 aliphatic carbocycles. The summed E-state index contributed by atoms with van der Waals surface area (Å²) in [7, 11) is 0. The SMILES string of the molecule is CC(=Cc1csc(C)n1)[C@@H]1CC2O[C@]2(C)CCC[C@H](C)[C@H](O)[C@@H](C)C(=O)C(C)(C)C(O)CC(=O)O1. The van der Waals surface area contributed by atoms with E-state index in [1.807, 2.05) is 32.2 Å². The van der Waals surface area contributed by atoms with Crippen molar-refractivity contribution in [1.82, 2.24) is 4.98 Å². The van der Waals surface area contributed by atoms with Crippen molar-refractivity contribution >= 4 is 29.2 Å². The lowest BCUT2D eigenvalue weighted by atomic mass is 9.73. The van der Waals surface area contributed by atoms with Gasteiger partial charge in [0, 0.05) is 17.7 Å². The Balaban J connectivity index is 1.85. The Kier molecular flexibility index (Phi) is 8.62. The van der Waals surface area contributed by atoms with Gasteiger partial charge in [-0.15, -0.1) is 11.3 Å². The maximum absolute atomic E-state index is 13.2. The van der Waals surface area contributed by atoms with Crippen molar-refractivity contribution in [2.75, 3.05) is 0 Å². The number of fused-ring (bicyclic) bond motifs is 1. The number of aliphatic hydroxyl groups excluding tert-OH is 2. The number of ketones is 1. The standard InChI is InChI=1S/C27H41NO6S/c1-15-9-8-10-27(7)22(34-27)12-20(16(2)11-19-14-35-18(4)28-19)33-23(30)13-21(29)26(5,6)25(32)17(3)24(15)31/h11,14-15,17,20-22,24,29,31H,8-10,12-13H2,1-7H3/t15-,17+,20-,21?,22?,24-,27+/m0/s1. The largest absolute Gasteiger partial charge is 0.458 e. The molecular formula is C27H41NO6S. The van der Waals surface area contributed by atoms with E-state index in [2.05, 4.69) is 11.9 Å². The Morgan fingerprint density at radius 1 is 1.23 bits per heavy atom. The van der Waals surface area contributed by atoms with Gasteiger partial charge in [0.2, 0.25) is 0 Å². The van der Waals surface area contributed by atoms with E-state index in [1.54, 1.807) is 32.1 Å². The number of aromatic nitrogens is 1. The van der Waals surface area contributed by atoms with Gasteiger partial charge in [-0.3, -0.25) is 9.59 Å². The van der Waals surface area contributed by atoms with Crippen molar-refractivity contribution in [2.45, 2.75) is 111 Å². The number of rotatable bonds is 2. The minimum Gasteiger partial charge on any atom is -0.458 e. The number of esters is 1. The molecule has 2 fully saturated rings. The molecule has 2 saturated heterocycles. The molecule has 2 aliphatic rings. The second kappa shape index (κ2) is 10.8. The molecule has 0 radical (unpaired) electrons. The van der Waals surface area contributed by atoms with Gasteiger partial charge in [-0.05, 0) is 51.2 Å². The molecule has 3 heterocycles. The third-order valence-corrected chi connectivity index (χ3v) is 8.72. The molecule has 0 saturated carbocycles. The van der Waals surface area contributed by atoms with Crippen molar-refractivity contribution in [2.24, 2.45) is 17.3 Å². The summed E-state index contributed by atoms with van der Waals surface area (Å²) in [4.78, 5) is 30.6. The first kappa shape index (κ1) is 28.0. The number of hydrogen-bond donors (Lipinski definition) is 2. The van der Waals surface area contributed by atoms with Gasteiger partial charge in [-0.2, -0.15) is 0 Å². The van der Waals surface area contributed by atoms with Crippen molar-refractivity contribution in [3.63, 3.8) is 0 Å². The van der Waals surface area contributed by atoms with Gasteiger partial charge in [-0.25, -0.2) is 4.98 Å². The van der Waals surface area contributed by atoms with E-state index in [0.717, 1.165) is 35.5 Å². The molecule has 8 heteroatoms. The van der Waals surface area contributed by atoms with E-state index in [9.17, 15) is 19.8 Å². The minimum atomic E-state index is -1.23. The van der Waals surface area contributed by atoms with Crippen LogP contribution in [0.3, 0.4) is 0 Å². The molecule has 2 N–H and O–H groups in total. The summed E-state index contributed by atoms with van der Waals surface area (Å²) < 4.78 is 11.9. The molecule has 0 bridgehead atoms. The normalized spacial score (nSPS) is 37.5. The average Bonchev–Trinajstić information content (AvgIpc) is 3.22. The average molecular weight is 508 g/mol. The van der Waals surface area contributed by atoms with Gasteiger partial charge in [0.15, 0.2) is 0 Å². The number of aliphatic hydroxyl groups is 2. The fourth-order valence-corrected chi connectivity index (χ4v) is 5.64. The van der Waals surface area contributed by atoms with Crippen LogP contribution < -0.4 is 0 Å². The highest BCUT2D eigenvalue weighted by Crippen LogP contribution is 2.45. The maximum atomic E-state index is 13.2. The first-order valence-electron chi connectivity index (χ1n) is 12.6. The molecule has 1 aromatic rings. The summed E-state index contributed by atoms with van der Waals surface area (Å²) in [6, 6.07) is 0. The van der Waals surface area contributed by atoms with Crippen LogP contribution in [0, 0.1) is 24.2 Å². The zero-order valence-electron chi connectivity index (χ0n) is 22.0. The first-order chi connectivity index (χ1) is 16.2. The Morgan fingerprint density at radius 2 is 1.91 bits per heavy atom. The number of nitrogens with zero attached hydrogens (tertiary/aromatic N) is 1. The number of ether oxygens (including phenoxy) is 2. The summed E-state index contributed by atoms with van der Waals surface area (Å²) in [5.41, 5.74) is 0.179. The monoisotopic (exact) mass is 507 g/mol. The summed E-state index contributed by atoms with van der Waals surface area (Å²) in [6.07, 6.45) is 1.98. The van der Waals surface area contributed by atoms with Crippen molar-refractivity contribution in [3.8, 4) is 0 Å². The molecule has 35 heavy (non-hydrogen) atoms. The number of hydrogen-bond acceptors (Lipinski definition) is 8. The molecule has 0 aromatic carbocycles. The zero-order valence-corrected chi connectivity index (χ0v) is 22.9. The predicted molar refractivity (Wildman–Crippen MR) is 136 cm³/mol. The van der Waals surface area contributed by atoms with Crippen LogP contribution in [0.2, 0.25) is 0 Å². The summed E-state index contributed by atoms with van der Waals surface area (Å²) in [6.45, 7) is 12.8. The zero-order chi connectivity index (χ0) is 26.1. The van der Waals surface area contributed by atoms with Crippen LogP contribution >= 0.6 is 11.3 Å². The van der Waals surface area contributed by atoms with Crippen LogP contribution in [0.4, 0.5) is 0 Å². The van der Waals surface area contributed by atoms with E-state index in [4.69, 9.17) is 9.47 Å². The molecule has 0 spiro atoms. The van der Waals surface area contributed by atoms with E-state index in [1.165, 1.54) is 0 Å². The summed E-state index contributed by atoms with van der Waals surface area (Å²) in [5, 5.41) is 24.6. The number of aryl methyl sites for hydroxylation is 1. The highest BCUT2D eigenvalue weighted by atomic mass is 32.1. The number of thiazole rings is 1. The van der Waals surface area contributed by atoms with Crippen molar-refractivity contribution < 1.29 is 29.3 Å². The van der Waals surface area contributed by atoms with E-state index >= 15 is 0 Å². The lowest BCUT2D eigenvalue weighted by molar-refractivity contribution is -0.154. The number of carbonyl (C=O) groups is 2. The number of carbonyl (C=O) groups excluding carboxylic acids is 2. The van der Waals surface area contributed by atoms with E-state index in [-0.39, 0.29) is 29.8 Å². The lowest BCUT2D eigenvalue weighted by Gasteiger charge is -2.34. The van der Waals surface area contributed by atoms with Crippen LogP contribution in [-0.4, -0.2) is 57.0 Å². The maximum Gasteiger partial charge on any atom is 0.309 e. The third kappa shape index (κ3) is 6.59. The molecule has 2 unspecified atom stereocenters. The van der Waals surface area contributed by atoms with Gasteiger partial charge >= 0.3 is 5.97 Å².